The number of thiazole rings is 1. The number of fused-ring (bicyclic) bond motifs is 1. The molecule has 1 aliphatic rings. The summed E-state index contributed by atoms with van der Waals surface area (Å²) in [5.41, 5.74) is 1.47. The van der Waals surface area contributed by atoms with E-state index >= 15 is 0 Å². The van der Waals surface area contributed by atoms with Crippen LogP contribution in [0, 0.1) is 5.92 Å². The molecule has 0 atom stereocenters. The lowest BCUT2D eigenvalue weighted by Gasteiger charge is -2.22. The number of nitrogens with one attached hydrogen (secondary N) is 3. The van der Waals surface area contributed by atoms with Gasteiger partial charge in [-0.15, -0.1) is 0 Å². The first-order valence-electron chi connectivity index (χ1n) is 12.9. The lowest BCUT2D eigenvalue weighted by atomic mass is 9.98. The maximum atomic E-state index is 12.9. The van der Waals surface area contributed by atoms with Gasteiger partial charge in [-0.3, -0.25) is 9.59 Å². The van der Waals surface area contributed by atoms with Gasteiger partial charge in [-0.2, -0.15) is 13.2 Å². The highest BCUT2D eigenvalue weighted by molar-refractivity contribution is 7.19. The summed E-state index contributed by atoms with van der Waals surface area (Å²) < 4.78 is 38.8. The van der Waals surface area contributed by atoms with E-state index < -0.39 is 11.7 Å². The Labute approximate surface area is 232 Å². The van der Waals surface area contributed by atoms with Crippen LogP contribution < -0.4 is 16.0 Å². The number of anilines is 2. The Morgan fingerprint density at radius 2 is 1.75 bits per heavy atom. The molecule has 5 rings (SSSR count). The number of hydrogen-bond donors (Lipinski definition) is 3. The third-order valence-corrected chi connectivity index (χ3v) is 7.64. The minimum Gasteiger partial charge on any atom is -0.350 e. The van der Waals surface area contributed by atoms with Crippen LogP contribution in [-0.4, -0.2) is 46.3 Å². The van der Waals surface area contributed by atoms with Crippen LogP contribution >= 0.6 is 11.3 Å². The van der Waals surface area contributed by atoms with E-state index in [2.05, 4.69) is 30.9 Å². The van der Waals surface area contributed by atoms with Crippen LogP contribution in [-0.2, 0) is 23.8 Å². The second kappa shape index (κ2) is 12.1. The molecule has 2 aromatic carbocycles. The van der Waals surface area contributed by atoms with Gasteiger partial charge >= 0.3 is 6.18 Å². The molecular formula is C28H27F3N6O2S. The van der Waals surface area contributed by atoms with E-state index in [1.165, 1.54) is 29.8 Å². The van der Waals surface area contributed by atoms with Gasteiger partial charge in [0, 0.05) is 25.1 Å². The molecule has 0 unspecified atom stereocenters. The van der Waals surface area contributed by atoms with Crippen LogP contribution in [0.3, 0.4) is 0 Å². The van der Waals surface area contributed by atoms with Crippen molar-refractivity contribution >= 4 is 44.9 Å². The third kappa shape index (κ3) is 6.99. The van der Waals surface area contributed by atoms with Gasteiger partial charge in [-0.05, 0) is 61.2 Å². The Hall–Kier alpha value is -3.90. The molecule has 40 heavy (non-hydrogen) atoms. The molecule has 1 aliphatic heterocycles. The SMILES string of the molecule is O=C(Cc1ccc(Nc2ncnc3sc(C(=O)NCC4CCNCC4)nc23)cc1)Cc1cccc(C(F)(F)F)c1. The van der Waals surface area contributed by atoms with Gasteiger partial charge in [0.25, 0.3) is 5.91 Å². The zero-order valence-electron chi connectivity index (χ0n) is 21.4. The van der Waals surface area contributed by atoms with Crippen LogP contribution in [0.2, 0.25) is 0 Å². The van der Waals surface area contributed by atoms with Crippen LogP contribution in [0.4, 0.5) is 24.7 Å². The zero-order valence-corrected chi connectivity index (χ0v) is 22.2. The molecular weight excluding hydrogens is 541 g/mol. The molecule has 4 aromatic rings. The van der Waals surface area contributed by atoms with Crippen LogP contribution in [0.25, 0.3) is 10.3 Å². The second-order valence-corrected chi connectivity index (χ2v) is 10.7. The van der Waals surface area contributed by atoms with E-state index in [9.17, 15) is 22.8 Å². The van der Waals surface area contributed by atoms with E-state index in [4.69, 9.17) is 0 Å². The number of rotatable bonds is 9. The zero-order chi connectivity index (χ0) is 28.1. The topological polar surface area (TPSA) is 109 Å². The monoisotopic (exact) mass is 568 g/mol. The van der Waals surface area contributed by atoms with Gasteiger partial charge in [0.2, 0.25) is 0 Å². The highest BCUT2D eigenvalue weighted by Crippen LogP contribution is 2.30. The van der Waals surface area contributed by atoms with Gasteiger partial charge in [0.1, 0.15) is 22.5 Å². The van der Waals surface area contributed by atoms with Crippen molar-refractivity contribution in [1.29, 1.82) is 0 Å². The number of carbonyl (C=O) groups excluding carboxylic acids is 2. The third-order valence-electron chi connectivity index (χ3n) is 6.67. The number of benzene rings is 2. The Bertz CT molecular complexity index is 1500. The van der Waals surface area contributed by atoms with Crippen LogP contribution in [0.15, 0.2) is 54.9 Å². The highest BCUT2D eigenvalue weighted by Gasteiger charge is 2.30. The largest absolute Gasteiger partial charge is 0.416 e. The number of nitrogens with zero attached hydrogens (tertiary/aromatic N) is 3. The number of carbonyl (C=O) groups is 2. The molecule has 0 spiro atoms. The fourth-order valence-electron chi connectivity index (χ4n) is 4.56. The van der Waals surface area contributed by atoms with Crippen LogP contribution in [0.1, 0.15) is 39.3 Å². The van der Waals surface area contributed by atoms with E-state index in [1.807, 2.05) is 0 Å². The predicted octanol–water partition coefficient (Wildman–Crippen LogP) is 4.93. The van der Waals surface area contributed by atoms with Gasteiger partial charge in [-0.1, -0.05) is 41.7 Å². The Morgan fingerprint density at radius 3 is 2.50 bits per heavy atom. The average Bonchev–Trinajstić information content (AvgIpc) is 3.39. The van der Waals surface area contributed by atoms with Crippen molar-refractivity contribution in [3.8, 4) is 0 Å². The molecule has 3 heterocycles. The second-order valence-electron chi connectivity index (χ2n) is 9.71. The molecule has 3 N–H and O–H groups in total. The summed E-state index contributed by atoms with van der Waals surface area (Å²) in [6, 6.07) is 11.9. The first-order chi connectivity index (χ1) is 19.2. The smallest absolute Gasteiger partial charge is 0.350 e. The van der Waals surface area contributed by atoms with E-state index in [-0.39, 0.29) is 24.5 Å². The lowest BCUT2D eigenvalue weighted by Crippen LogP contribution is -2.35. The summed E-state index contributed by atoms with van der Waals surface area (Å²) in [5, 5.41) is 9.80. The lowest BCUT2D eigenvalue weighted by molar-refractivity contribution is -0.137. The summed E-state index contributed by atoms with van der Waals surface area (Å²) in [6.45, 7) is 2.54. The van der Waals surface area contributed by atoms with Gasteiger partial charge in [0.15, 0.2) is 10.8 Å². The van der Waals surface area contributed by atoms with E-state index in [0.717, 1.165) is 43.6 Å². The molecule has 1 fully saturated rings. The molecule has 1 amide bonds. The van der Waals surface area contributed by atoms with Crippen molar-refractivity contribution < 1.29 is 22.8 Å². The average molecular weight is 569 g/mol. The molecule has 0 bridgehead atoms. The molecule has 1 saturated heterocycles. The first kappa shape index (κ1) is 27.7. The maximum Gasteiger partial charge on any atom is 0.416 e. The predicted molar refractivity (Wildman–Crippen MR) is 147 cm³/mol. The Kier molecular flexibility index (Phi) is 8.36. The number of alkyl halides is 3. The Balaban J connectivity index is 1.20. The number of ketones is 1. The number of piperidine rings is 1. The van der Waals surface area contributed by atoms with E-state index in [1.54, 1.807) is 24.3 Å². The molecule has 12 heteroatoms. The molecule has 0 saturated carbocycles. The van der Waals surface area contributed by atoms with Gasteiger partial charge in [-0.25, -0.2) is 15.0 Å². The van der Waals surface area contributed by atoms with Crippen molar-refractivity contribution in [2.45, 2.75) is 31.9 Å². The molecule has 0 aliphatic carbocycles. The number of Topliss-reactive ketones (excluding diaryl/α,β-unsaturated/α-hetero) is 1. The molecule has 2 aromatic heterocycles. The Morgan fingerprint density at radius 1 is 1.00 bits per heavy atom. The summed E-state index contributed by atoms with van der Waals surface area (Å²) in [7, 11) is 0. The number of amides is 1. The summed E-state index contributed by atoms with van der Waals surface area (Å²) in [6.07, 6.45) is -0.974. The van der Waals surface area contributed by atoms with E-state index in [0.29, 0.717) is 44.9 Å². The molecule has 0 radical (unpaired) electrons. The standard InChI is InChI=1S/C28H27F3N6O2S/c29-28(30,31)20-3-1-2-19(12-20)14-22(38)13-17-4-6-21(7-5-17)36-24-23-26(35-16-34-24)40-27(37-23)25(39)33-15-18-8-10-32-11-9-18/h1-7,12,16,18,32H,8-11,13-15H2,(H,33,39)(H,34,35,36). The minimum atomic E-state index is -4.45. The van der Waals surface area contributed by atoms with Crippen LogP contribution in [0.5, 0.6) is 0 Å². The van der Waals surface area contributed by atoms with Crippen molar-refractivity contribution in [1.82, 2.24) is 25.6 Å². The minimum absolute atomic E-state index is 0.0829. The molecule has 208 valence electrons. The maximum absolute atomic E-state index is 12.9. The number of aromatic nitrogens is 3. The van der Waals surface area contributed by atoms with Crippen molar-refractivity contribution in [2.24, 2.45) is 5.92 Å². The van der Waals surface area contributed by atoms with Crippen molar-refractivity contribution in [2.75, 3.05) is 25.0 Å². The fraction of sp³-hybridized carbons (Fsp3) is 0.321. The number of halogens is 3. The van der Waals surface area contributed by atoms with Gasteiger partial charge < -0.3 is 16.0 Å². The van der Waals surface area contributed by atoms with Gasteiger partial charge in [0.05, 0.1) is 5.56 Å². The summed E-state index contributed by atoms with van der Waals surface area (Å²) in [4.78, 5) is 38.8. The van der Waals surface area contributed by atoms with Crippen molar-refractivity contribution in [3.05, 3.63) is 76.6 Å². The fourth-order valence-corrected chi connectivity index (χ4v) is 5.38. The molecule has 8 nitrogen and oxygen atoms in total. The quantitative estimate of drug-likeness (QED) is 0.263. The normalized spacial score (nSPS) is 14.3. The first-order valence-corrected chi connectivity index (χ1v) is 13.7. The highest BCUT2D eigenvalue weighted by atomic mass is 32.1. The number of hydrogen-bond acceptors (Lipinski definition) is 8. The van der Waals surface area contributed by atoms with Crippen molar-refractivity contribution in [3.63, 3.8) is 0 Å². The summed E-state index contributed by atoms with van der Waals surface area (Å²) >= 11 is 1.20. The summed E-state index contributed by atoms with van der Waals surface area (Å²) in [5.74, 6) is 0.486.